The van der Waals surface area contributed by atoms with E-state index < -0.39 is 18.3 Å². The maximum Gasteiger partial charge on any atom is 0.496 e. The zero-order chi connectivity index (χ0) is 23.5. The molecule has 4 heteroatoms. The molecule has 0 saturated carbocycles. The van der Waals surface area contributed by atoms with E-state index in [0.717, 1.165) is 5.46 Å². The minimum atomic E-state index is -0.413. The van der Waals surface area contributed by atoms with Crippen LogP contribution in [0.4, 0.5) is 0 Å². The number of rotatable bonds is 3. The summed E-state index contributed by atoms with van der Waals surface area (Å²) in [4.78, 5) is 0. The molecule has 1 aliphatic heterocycles. The van der Waals surface area contributed by atoms with Crippen LogP contribution in [-0.2, 0) is 9.31 Å². The van der Waals surface area contributed by atoms with E-state index in [1.54, 1.807) is 0 Å². The van der Waals surface area contributed by atoms with Gasteiger partial charge >= 0.3 is 7.12 Å². The summed E-state index contributed by atoms with van der Waals surface area (Å²) >= 11 is 1.84. The van der Waals surface area contributed by atoms with Gasteiger partial charge in [-0.25, -0.2) is 0 Å². The van der Waals surface area contributed by atoms with Gasteiger partial charge in [-0.05, 0) is 56.0 Å². The largest absolute Gasteiger partial charge is 0.496 e. The van der Waals surface area contributed by atoms with Crippen LogP contribution in [0.2, 0.25) is 0 Å². The quantitative estimate of drug-likeness (QED) is 0.256. The van der Waals surface area contributed by atoms with Gasteiger partial charge in [-0.15, -0.1) is 11.3 Å². The lowest BCUT2D eigenvalue weighted by Crippen LogP contribution is -2.41. The molecule has 34 heavy (non-hydrogen) atoms. The smallest absolute Gasteiger partial charge is 0.399 e. The fourth-order valence-electron chi connectivity index (χ4n) is 4.71. The lowest BCUT2D eigenvalue weighted by Gasteiger charge is -2.32. The summed E-state index contributed by atoms with van der Waals surface area (Å²) in [5.41, 5.74) is 5.20. The Morgan fingerprint density at radius 2 is 1.21 bits per heavy atom. The number of thiophene rings is 1. The Morgan fingerprint density at radius 3 is 1.85 bits per heavy atom. The number of benzene rings is 4. The van der Waals surface area contributed by atoms with Crippen LogP contribution >= 0.6 is 11.3 Å². The van der Waals surface area contributed by atoms with Crippen molar-refractivity contribution in [2.75, 3.05) is 0 Å². The van der Waals surface area contributed by atoms with Crippen molar-refractivity contribution < 1.29 is 9.31 Å². The third kappa shape index (κ3) is 3.40. The first-order valence-electron chi connectivity index (χ1n) is 11.8. The summed E-state index contributed by atoms with van der Waals surface area (Å²) in [6, 6.07) is 32.4. The fraction of sp³-hybridized carbons (Fsp3) is 0.200. The molecule has 1 saturated heterocycles. The van der Waals surface area contributed by atoms with Gasteiger partial charge in [0.2, 0.25) is 0 Å². The Balaban J connectivity index is 1.64. The molecule has 1 aliphatic rings. The second-order valence-corrected chi connectivity index (χ2v) is 11.1. The van der Waals surface area contributed by atoms with Crippen LogP contribution in [0, 0.1) is 0 Å². The average molecular weight is 462 g/mol. The molecule has 4 aromatic carbocycles. The first kappa shape index (κ1) is 21.6. The van der Waals surface area contributed by atoms with Crippen molar-refractivity contribution in [3.63, 3.8) is 0 Å². The predicted octanol–water partition coefficient (Wildman–Crippen LogP) is 7.69. The van der Waals surface area contributed by atoms with E-state index in [0.29, 0.717) is 0 Å². The number of hydrogen-bond acceptors (Lipinski definition) is 3. The second kappa shape index (κ2) is 7.81. The minimum Gasteiger partial charge on any atom is -0.399 e. The fourth-order valence-corrected chi connectivity index (χ4v) is 6.05. The van der Waals surface area contributed by atoms with Crippen LogP contribution < -0.4 is 5.46 Å². The van der Waals surface area contributed by atoms with Crippen molar-refractivity contribution in [2.24, 2.45) is 0 Å². The topological polar surface area (TPSA) is 18.5 Å². The Morgan fingerprint density at radius 1 is 0.588 bits per heavy atom. The molecule has 168 valence electrons. The summed E-state index contributed by atoms with van der Waals surface area (Å²) in [5.74, 6) is 0. The summed E-state index contributed by atoms with van der Waals surface area (Å²) < 4.78 is 15.6. The molecule has 0 bridgehead atoms. The van der Waals surface area contributed by atoms with Crippen LogP contribution in [0.3, 0.4) is 0 Å². The average Bonchev–Trinajstić information content (AvgIpc) is 3.32. The molecule has 0 amide bonds. The van der Waals surface area contributed by atoms with Crippen molar-refractivity contribution in [3.8, 4) is 22.3 Å². The number of hydrogen-bond donors (Lipinski definition) is 0. The van der Waals surface area contributed by atoms with Crippen LogP contribution in [0.15, 0.2) is 91.0 Å². The van der Waals surface area contributed by atoms with Gasteiger partial charge in [0.15, 0.2) is 0 Å². The second-order valence-electron chi connectivity index (χ2n) is 10.0. The van der Waals surface area contributed by atoms with E-state index in [4.69, 9.17) is 9.31 Å². The van der Waals surface area contributed by atoms with Gasteiger partial charge in [0.05, 0.1) is 11.2 Å². The Bertz CT molecular complexity index is 1490. The molecule has 0 spiro atoms. The first-order chi connectivity index (χ1) is 16.3. The van der Waals surface area contributed by atoms with E-state index in [2.05, 4.69) is 119 Å². The Hall–Kier alpha value is -2.92. The molecule has 0 unspecified atom stereocenters. The van der Waals surface area contributed by atoms with Crippen molar-refractivity contribution >= 4 is 44.1 Å². The van der Waals surface area contributed by atoms with Gasteiger partial charge in [0.1, 0.15) is 0 Å². The van der Waals surface area contributed by atoms with Crippen molar-refractivity contribution in [1.29, 1.82) is 0 Å². The highest BCUT2D eigenvalue weighted by Gasteiger charge is 2.52. The van der Waals surface area contributed by atoms with Gasteiger partial charge in [0, 0.05) is 25.6 Å². The highest BCUT2D eigenvalue weighted by molar-refractivity contribution is 7.27. The molecule has 1 aromatic heterocycles. The van der Waals surface area contributed by atoms with Gasteiger partial charge in [0.25, 0.3) is 0 Å². The highest BCUT2D eigenvalue weighted by Crippen LogP contribution is 2.43. The lowest BCUT2D eigenvalue weighted by atomic mass is 9.77. The summed E-state index contributed by atoms with van der Waals surface area (Å²) in [7, 11) is -0.413. The van der Waals surface area contributed by atoms with Gasteiger partial charge < -0.3 is 9.31 Å². The van der Waals surface area contributed by atoms with Crippen molar-refractivity contribution in [2.45, 2.75) is 38.9 Å². The molecule has 0 N–H and O–H groups in total. The van der Waals surface area contributed by atoms with E-state index in [1.165, 1.54) is 42.4 Å². The van der Waals surface area contributed by atoms with Crippen molar-refractivity contribution in [3.05, 3.63) is 91.0 Å². The molecule has 5 aromatic rings. The molecule has 0 aliphatic carbocycles. The summed E-state index contributed by atoms with van der Waals surface area (Å²) in [6.07, 6.45) is 0. The van der Waals surface area contributed by atoms with Crippen LogP contribution in [0.25, 0.3) is 42.4 Å². The van der Waals surface area contributed by atoms with E-state index in [-0.39, 0.29) is 0 Å². The molecule has 0 radical (unpaired) electrons. The zero-order valence-corrected chi connectivity index (χ0v) is 20.8. The maximum absolute atomic E-state index is 6.54. The summed E-state index contributed by atoms with van der Waals surface area (Å²) in [6.45, 7) is 8.46. The Kier molecular flexibility index (Phi) is 4.96. The lowest BCUT2D eigenvalue weighted by molar-refractivity contribution is 0.00578. The molecular formula is C30H27BO2S. The van der Waals surface area contributed by atoms with Gasteiger partial charge in [-0.2, -0.15) is 0 Å². The molecule has 2 heterocycles. The third-order valence-corrected chi connectivity index (χ3v) is 8.63. The Labute approximate surface area is 205 Å². The molecule has 1 fully saturated rings. The molecule has 6 rings (SSSR count). The molecular weight excluding hydrogens is 435 g/mol. The predicted molar refractivity (Wildman–Crippen MR) is 146 cm³/mol. The molecule has 2 nitrogen and oxygen atoms in total. The van der Waals surface area contributed by atoms with Crippen LogP contribution in [0.5, 0.6) is 0 Å². The zero-order valence-electron chi connectivity index (χ0n) is 20.0. The van der Waals surface area contributed by atoms with E-state index in [9.17, 15) is 0 Å². The van der Waals surface area contributed by atoms with E-state index >= 15 is 0 Å². The number of fused-ring (bicyclic) bond motifs is 3. The highest BCUT2D eigenvalue weighted by atomic mass is 32.1. The van der Waals surface area contributed by atoms with Crippen molar-refractivity contribution in [1.82, 2.24) is 0 Å². The van der Waals surface area contributed by atoms with Gasteiger partial charge in [-0.1, -0.05) is 84.9 Å². The monoisotopic (exact) mass is 462 g/mol. The van der Waals surface area contributed by atoms with Crippen LogP contribution in [-0.4, -0.2) is 18.3 Å². The maximum atomic E-state index is 6.54. The summed E-state index contributed by atoms with van der Waals surface area (Å²) in [5, 5.41) is 2.53. The molecule has 0 atom stereocenters. The first-order valence-corrected chi connectivity index (χ1v) is 12.6. The minimum absolute atomic E-state index is 0.390. The van der Waals surface area contributed by atoms with Gasteiger partial charge in [-0.3, -0.25) is 0 Å². The van der Waals surface area contributed by atoms with Crippen LogP contribution in [0.1, 0.15) is 27.7 Å². The SMILES string of the molecule is CC1(C)OB(c2cc(-c3ccccc3)cc3c2sc2c(-c4ccccc4)cccc23)OC1(C)C. The third-order valence-electron chi connectivity index (χ3n) is 7.33. The standard InChI is InChI=1S/C30H27BO2S/c1-29(2)30(3,4)33-31(32-29)26-19-22(20-12-7-5-8-13-20)18-25-24-17-11-16-23(27(24)34-28(25)26)21-14-9-6-10-15-21/h5-19H,1-4H3. The normalized spacial score (nSPS) is 17.0. The van der Waals surface area contributed by atoms with E-state index in [1.807, 2.05) is 11.3 Å².